The van der Waals surface area contributed by atoms with E-state index in [1.54, 1.807) is 18.7 Å². The predicted molar refractivity (Wildman–Crippen MR) is 77.5 cm³/mol. The van der Waals surface area contributed by atoms with E-state index in [-0.39, 0.29) is 0 Å². The number of imidazole rings is 2. The Balaban J connectivity index is 1.48. The van der Waals surface area contributed by atoms with E-state index in [0.29, 0.717) is 0 Å². The van der Waals surface area contributed by atoms with E-state index >= 15 is 0 Å². The molecule has 0 spiro atoms. The Morgan fingerprint density at radius 3 is 2.45 bits per heavy atom. The van der Waals surface area contributed by atoms with E-state index in [1.165, 1.54) is 5.56 Å². The first-order chi connectivity index (χ1) is 9.92. The van der Waals surface area contributed by atoms with Crippen molar-refractivity contribution in [1.29, 1.82) is 0 Å². The molecular weight excluding hydrogens is 250 g/mol. The minimum Gasteiger partial charge on any atom is -0.336 e. The number of nitrogens with zero attached hydrogens (tertiary/aromatic N) is 4. The SMILES string of the molecule is c1cn(CCNCc2ccc(-n3ccnc3)cc2)cn1. The summed E-state index contributed by atoms with van der Waals surface area (Å²) in [5.74, 6) is 0. The first-order valence-corrected chi connectivity index (χ1v) is 6.65. The maximum atomic E-state index is 4.05. The van der Waals surface area contributed by atoms with Gasteiger partial charge in [0.2, 0.25) is 0 Å². The smallest absolute Gasteiger partial charge is 0.0991 e. The van der Waals surface area contributed by atoms with Crippen molar-refractivity contribution in [2.24, 2.45) is 0 Å². The molecule has 0 radical (unpaired) electrons. The van der Waals surface area contributed by atoms with Crippen molar-refractivity contribution in [3.8, 4) is 5.69 Å². The molecule has 0 aliphatic carbocycles. The molecule has 0 fully saturated rings. The van der Waals surface area contributed by atoms with Gasteiger partial charge in [0.1, 0.15) is 0 Å². The fraction of sp³-hybridized carbons (Fsp3) is 0.200. The van der Waals surface area contributed by atoms with Gasteiger partial charge in [-0.1, -0.05) is 12.1 Å². The highest BCUT2D eigenvalue weighted by atomic mass is 15.0. The van der Waals surface area contributed by atoms with Crippen molar-refractivity contribution in [2.75, 3.05) is 6.54 Å². The lowest BCUT2D eigenvalue weighted by Crippen LogP contribution is -2.18. The van der Waals surface area contributed by atoms with Crippen LogP contribution in [-0.2, 0) is 13.1 Å². The molecule has 1 N–H and O–H groups in total. The summed E-state index contributed by atoms with van der Waals surface area (Å²) < 4.78 is 4.06. The summed E-state index contributed by atoms with van der Waals surface area (Å²) in [6.45, 7) is 2.74. The quantitative estimate of drug-likeness (QED) is 0.693. The van der Waals surface area contributed by atoms with Gasteiger partial charge in [-0.3, -0.25) is 0 Å². The summed E-state index contributed by atoms with van der Waals surface area (Å²) in [6.07, 6.45) is 11.1. The first-order valence-electron chi connectivity index (χ1n) is 6.65. The van der Waals surface area contributed by atoms with Crippen LogP contribution in [0.15, 0.2) is 61.7 Å². The molecule has 5 nitrogen and oxygen atoms in total. The van der Waals surface area contributed by atoms with Gasteiger partial charge in [0.25, 0.3) is 0 Å². The number of nitrogens with one attached hydrogen (secondary N) is 1. The molecule has 0 aliphatic heterocycles. The summed E-state index contributed by atoms with van der Waals surface area (Å²) in [7, 11) is 0. The Hall–Kier alpha value is -2.40. The second-order valence-electron chi connectivity index (χ2n) is 4.61. The van der Waals surface area contributed by atoms with Crippen molar-refractivity contribution < 1.29 is 0 Å². The Morgan fingerprint density at radius 1 is 0.950 bits per heavy atom. The molecule has 0 bridgehead atoms. The number of hydrogen-bond acceptors (Lipinski definition) is 3. The van der Waals surface area contributed by atoms with Gasteiger partial charge in [-0.2, -0.15) is 0 Å². The van der Waals surface area contributed by atoms with Crippen LogP contribution in [0.4, 0.5) is 0 Å². The lowest BCUT2D eigenvalue weighted by molar-refractivity contribution is 0.597. The van der Waals surface area contributed by atoms with Crippen molar-refractivity contribution in [3.05, 3.63) is 67.3 Å². The number of benzene rings is 1. The molecule has 0 aliphatic rings. The van der Waals surface area contributed by atoms with E-state index < -0.39 is 0 Å². The molecule has 20 heavy (non-hydrogen) atoms. The summed E-state index contributed by atoms with van der Waals surface area (Å²) in [4.78, 5) is 8.07. The van der Waals surface area contributed by atoms with Crippen molar-refractivity contribution >= 4 is 0 Å². The maximum Gasteiger partial charge on any atom is 0.0991 e. The van der Waals surface area contributed by atoms with Gasteiger partial charge >= 0.3 is 0 Å². The minimum atomic E-state index is 0.874. The van der Waals surface area contributed by atoms with Crippen LogP contribution >= 0.6 is 0 Å². The van der Waals surface area contributed by atoms with Crippen LogP contribution in [-0.4, -0.2) is 25.6 Å². The Kier molecular flexibility index (Phi) is 3.89. The molecule has 5 heteroatoms. The van der Waals surface area contributed by atoms with Crippen molar-refractivity contribution in [2.45, 2.75) is 13.1 Å². The van der Waals surface area contributed by atoms with Gasteiger partial charge in [-0.25, -0.2) is 9.97 Å². The lowest BCUT2D eigenvalue weighted by Gasteiger charge is -2.07. The van der Waals surface area contributed by atoms with Crippen molar-refractivity contribution in [1.82, 2.24) is 24.4 Å². The van der Waals surface area contributed by atoms with E-state index in [9.17, 15) is 0 Å². The molecule has 2 aromatic heterocycles. The zero-order valence-electron chi connectivity index (χ0n) is 11.2. The van der Waals surface area contributed by atoms with E-state index in [1.807, 2.05) is 23.3 Å². The molecule has 0 unspecified atom stereocenters. The van der Waals surface area contributed by atoms with Gasteiger partial charge in [0.15, 0.2) is 0 Å². The average molecular weight is 267 g/mol. The van der Waals surface area contributed by atoms with Crippen LogP contribution in [0, 0.1) is 0 Å². The molecule has 0 saturated heterocycles. The molecular formula is C15H17N5. The molecule has 2 heterocycles. The minimum absolute atomic E-state index is 0.874. The monoisotopic (exact) mass is 267 g/mol. The summed E-state index contributed by atoms with van der Waals surface area (Å²) in [5.41, 5.74) is 2.41. The zero-order chi connectivity index (χ0) is 13.6. The predicted octanol–water partition coefficient (Wildman–Crippen LogP) is 1.86. The summed E-state index contributed by atoms with van der Waals surface area (Å²) >= 11 is 0. The highest BCUT2D eigenvalue weighted by molar-refractivity contribution is 5.34. The Bertz CT molecular complexity index is 611. The van der Waals surface area contributed by atoms with Gasteiger partial charge in [0.05, 0.1) is 12.7 Å². The van der Waals surface area contributed by atoms with Crippen LogP contribution in [0.2, 0.25) is 0 Å². The highest BCUT2D eigenvalue weighted by Gasteiger charge is 1.97. The highest BCUT2D eigenvalue weighted by Crippen LogP contribution is 2.08. The molecule has 1 aromatic carbocycles. The molecule has 0 atom stereocenters. The Morgan fingerprint density at radius 2 is 1.75 bits per heavy atom. The maximum absolute atomic E-state index is 4.05. The largest absolute Gasteiger partial charge is 0.336 e. The normalized spacial score (nSPS) is 10.8. The second kappa shape index (κ2) is 6.16. The van der Waals surface area contributed by atoms with Gasteiger partial charge in [0, 0.05) is 50.1 Å². The summed E-state index contributed by atoms with van der Waals surface area (Å²) in [6, 6.07) is 8.49. The van der Waals surface area contributed by atoms with Crippen LogP contribution in [0.3, 0.4) is 0 Å². The number of rotatable bonds is 6. The van der Waals surface area contributed by atoms with Crippen LogP contribution in [0.1, 0.15) is 5.56 Å². The van der Waals surface area contributed by atoms with E-state index in [4.69, 9.17) is 0 Å². The third-order valence-corrected chi connectivity index (χ3v) is 3.17. The fourth-order valence-electron chi connectivity index (χ4n) is 2.06. The number of hydrogen-bond donors (Lipinski definition) is 1. The topological polar surface area (TPSA) is 47.7 Å². The van der Waals surface area contributed by atoms with Crippen LogP contribution in [0.25, 0.3) is 5.69 Å². The van der Waals surface area contributed by atoms with Crippen LogP contribution < -0.4 is 5.32 Å². The zero-order valence-corrected chi connectivity index (χ0v) is 11.2. The van der Waals surface area contributed by atoms with Gasteiger partial charge in [-0.05, 0) is 17.7 Å². The lowest BCUT2D eigenvalue weighted by atomic mass is 10.2. The van der Waals surface area contributed by atoms with Gasteiger partial charge in [-0.15, -0.1) is 0 Å². The van der Waals surface area contributed by atoms with E-state index in [0.717, 1.165) is 25.3 Å². The molecule has 0 amide bonds. The fourth-order valence-corrected chi connectivity index (χ4v) is 2.06. The standard InChI is InChI=1S/C15H17N5/c1-3-15(20-10-7-18-13-20)4-2-14(1)11-16-5-8-19-9-6-17-12-19/h1-4,6-7,9-10,12-13,16H,5,8,11H2. The van der Waals surface area contributed by atoms with E-state index in [2.05, 4.69) is 44.1 Å². The first kappa shape index (κ1) is 12.6. The second-order valence-corrected chi connectivity index (χ2v) is 4.61. The molecule has 0 saturated carbocycles. The third kappa shape index (κ3) is 3.13. The molecule has 3 rings (SSSR count). The van der Waals surface area contributed by atoms with Gasteiger partial charge < -0.3 is 14.5 Å². The third-order valence-electron chi connectivity index (χ3n) is 3.17. The van der Waals surface area contributed by atoms with Crippen molar-refractivity contribution in [3.63, 3.8) is 0 Å². The molecule has 3 aromatic rings. The molecule has 102 valence electrons. The Labute approximate surface area is 117 Å². The van der Waals surface area contributed by atoms with Crippen LogP contribution in [0.5, 0.6) is 0 Å². The average Bonchev–Trinajstić information content (AvgIpc) is 3.17. The number of aromatic nitrogens is 4. The summed E-state index contributed by atoms with van der Waals surface area (Å²) in [5, 5.41) is 3.43.